The van der Waals surface area contributed by atoms with E-state index >= 15 is 0 Å². The summed E-state index contributed by atoms with van der Waals surface area (Å²) in [4.78, 5) is 3.39. The third-order valence-corrected chi connectivity index (χ3v) is 2.81. The van der Waals surface area contributed by atoms with Crippen molar-refractivity contribution in [3.05, 3.63) is 65.2 Å². The molecule has 0 fully saturated rings. The molecule has 2 aromatic carbocycles. The number of methoxy groups -OCH3 is 2. The lowest BCUT2D eigenvalue weighted by molar-refractivity contribution is -0.00296. The van der Waals surface area contributed by atoms with Crippen LogP contribution in [0.15, 0.2) is 48.5 Å². The van der Waals surface area contributed by atoms with Gasteiger partial charge in [-0.3, -0.25) is 0 Å². The van der Waals surface area contributed by atoms with E-state index in [2.05, 4.69) is 4.79 Å². The second-order valence-electron chi connectivity index (χ2n) is 3.86. The van der Waals surface area contributed by atoms with E-state index in [1.807, 2.05) is 42.5 Å². The van der Waals surface area contributed by atoms with E-state index in [-0.39, 0.29) is 0 Å². The fraction of sp³-hybridized carbons (Fsp3) is 0.133. The Balaban J connectivity index is 2.61. The van der Waals surface area contributed by atoms with Crippen LogP contribution in [0.5, 0.6) is 11.5 Å². The zero-order chi connectivity index (χ0) is 13.7. The highest BCUT2D eigenvalue weighted by atomic mass is 16.5. The molecule has 0 amide bonds. The van der Waals surface area contributed by atoms with Crippen molar-refractivity contribution in [3.8, 4) is 11.5 Å². The van der Waals surface area contributed by atoms with Crippen molar-refractivity contribution in [1.82, 2.24) is 0 Å². The van der Waals surface area contributed by atoms with Crippen LogP contribution in [0.2, 0.25) is 0 Å². The molecule has 2 rings (SSSR count). The lowest BCUT2D eigenvalue weighted by Gasteiger charge is -2.09. The van der Waals surface area contributed by atoms with E-state index in [0.717, 1.165) is 5.56 Å². The van der Waals surface area contributed by atoms with Gasteiger partial charge in [-0.25, -0.2) is 0 Å². The van der Waals surface area contributed by atoms with Crippen molar-refractivity contribution in [2.24, 2.45) is 0 Å². The standard InChI is InChI=1S/C15H14N2O2/c1-18-13-10-6-9-12(15(13)19-2)14(17-16)11-7-4-3-5-8-11/h3-10H,1-2H3. The third-order valence-electron chi connectivity index (χ3n) is 2.81. The van der Waals surface area contributed by atoms with E-state index in [0.29, 0.717) is 22.8 Å². The molecule has 0 N–H and O–H groups in total. The summed E-state index contributed by atoms with van der Waals surface area (Å²) in [5, 5.41) is 0. The first-order valence-corrected chi connectivity index (χ1v) is 5.80. The van der Waals surface area contributed by atoms with Gasteiger partial charge in [0.15, 0.2) is 11.5 Å². The summed E-state index contributed by atoms with van der Waals surface area (Å²) in [6.45, 7) is 0. The van der Waals surface area contributed by atoms with Gasteiger partial charge in [0, 0.05) is 0 Å². The number of hydrogen-bond donors (Lipinski definition) is 0. The second kappa shape index (κ2) is 5.85. The second-order valence-corrected chi connectivity index (χ2v) is 3.86. The van der Waals surface area contributed by atoms with Crippen molar-refractivity contribution in [2.45, 2.75) is 0 Å². The molecule has 0 aliphatic carbocycles. The highest BCUT2D eigenvalue weighted by Crippen LogP contribution is 2.31. The maximum absolute atomic E-state index is 9.31. The Hall–Kier alpha value is -2.58. The van der Waals surface area contributed by atoms with Crippen LogP contribution in [0.3, 0.4) is 0 Å². The Bertz CT molecular complexity index is 617. The molecule has 0 radical (unpaired) electrons. The molecule has 0 saturated heterocycles. The van der Waals surface area contributed by atoms with E-state index in [9.17, 15) is 5.53 Å². The van der Waals surface area contributed by atoms with Gasteiger partial charge in [-0.05, 0) is 24.3 Å². The normalized spacial score (nSPS) is 9.58. The third kappa shape index (κ3) is 2.49. The van der Waals surface area contributed by atoms with Gasteiger partial charge in [-0.15, -0.1) is 0 Å². The van der Waals surface area contributed by atoms with Crippen LogP contribution < -0.4 is 9.47 Å². The number of ether oxygens (including phenoxy) is 2. The number of nitrogens with zero attached hydrogens (tertiary/aromatic N) is 2. The van der Waals surface area contributed by atoms with Crippen LogP contribution in [0.1, 0.15) is 11.1 Å². The quantitative estimate of drug-likeness (QED) is 0.478. The first kappa shape index (κ1) is 12.9. The van der Waals surface area contributed by atoms with E-state index < -0.39 is 0 Å². The maximum Gasteiger partial charge on any atom is 0.333 e. The Kier molecular flexibility index (Phi) is 3.96. The van der Waals surface area contributed by atoms with Crippen LogP contribution in [0, 0.1) is 0 Å². The van der Waals surface area contributed by atoms with Crippen LogP contribution >= 0.6 is 0 Å². The zero-order valence-electron chi connectivity index (χ0n) is 10.8. The topological polar surface area (TPSA) is 54.9 Å². The SMILES string of the molecule is COc1cccc(C(=[N+]=[N-])c2ccccc2)c1OC. The molecule has 0 aliphatic rings. The molecule has 0 heterocycles. The molecule has 19 heavy (non-hydrogen) atoms. The van der Waals surface area contributed by atoms with Crippen LogP contribution in [0.4, 0.5) is 0 Å². The summed E-state index contributed by atoms with van der Waals surface area (Å²) in [6, 6.07) is 14.8. The summed E-state index contributed by atoms with van der Waals surface area (Å²) >= 11 is 0. The molecule has 0 bridgehead atoms. The molecule has 0 atom stereocenters. The molecule has 2 aromatic rings. The summed E-state index contributed by atoms with van der Waals surface area (Å²) in [6.07, 6.45) is 0. The van der Waals surface area contributed by atoms with Crippen LogP contribution in [0.25, 0.3) is 5.53 Å². The largest absolute Gasteiger partial charge is 0.493 e. The van der Waals surface area contributed by atoms with Gasteiger partial charge in [0.1, 0.15) is 5.56 Å². The molecule has 0 saturated carbocycles. The van der Waals surface area contributed by atoms with Crippen molar-refractivity contribution in [2.75, 3.05) is 14.2 Å². The van der Waals surface area contributed by atoms with Gasteiger partial charge < -0.3 is 15.0 Å². The van der Waals surface area contributed by atoms with Gasteiger partial charge in [-0.2, -0.15) is 4.79 Å². The molecule has 96 valence electrons. The van der Waals surface area contributed by atoms with Crippen molar-refractivity contribution < 1.29 is 14.3 Å². The van der Waals surface area contributed by atoms with E-state index in [1.165, 1.54) is 0 Å². The number of benzene rings is 2. The zero-order valence-corrected chi connectivity index (χ0v) is 10.8. The van der Waals surface area contributed by atoms with Crippen molar-refractivity contribution in [3.63, 3.8) is 0 Å². The number of hydrogen-bond acceptors (Lipinski definition) is 2. The first-order valence-electron chi connectivity index (χ1n) is 5.80. The lowest BCUT2D eigenvalue weighted by atomic mass is 10.0. The smallest absolute Gasteiger partial charge is 0.333 e. The monoisotopic (exact) mass is 254 g/mol. The molecular weight excluding hydrogens is 240 g/mol. The number of para-hydroxylation sites is 1. The maximum atomic E-state index is 9.31. The van der Waals surface area contributed by atoms with Gasteiger partial charge in [0.2, 0.25) is 0 Å². The number of rotatable bonds is 4. The van der Waals surface area contributed by atoms with Crippen molar-refractivity contribution in [1.29, 1.82) is 0 Å². The highest BCUT2D eigenvalue weighted by molar-refractivity contribution is 6.11. The average molecular weight is 254 g/mol. The minimum absolute atomic E-state index is 0.441. The Morgan fingerprint density at radius 2 is 1.68 bits per heavy atom. The average Bonchev–Trinajstić information content (AvgIpc) is 2.48. The molecule has 0 unspecified atom stereocenters. The summed E-state index contributed by atoms with van der Waals surface area (Å²) < 4.78 is 10.6. The Labute approximate surface area is 111 Å². The minimum atomic E-state index is 0.441. The predicted octanol–water partition coefficient (Wildman–Crippen LogP) is 2.77. The fourth-order valence-electron chi connectivity index (χ4n) is 1.94. The molecule has 0 aliphatic heterocycles. The summed E-state index contributed by atoms with van der Waals surface area (Å²) in [7, 11) is 3.13. The molecule has 0 aromatic heterocycles. The van der Waals surface area contributed by atoms with Crippen LogP contribution in [-0.4, -0.2) is 24.7 Å². The van der Waals surface area contributed by atoms with E-state index in [1.54, 1.807) is 20.3 Å². The molecule has 0 spiro atoms. The first-order chi connectivity index (χ1) is 9.31. The molecular formula is C15H14N2O2. The minimum Gasteiger partial charge on any atom is -0.493 e. The molecule has 4 heteroatoms. The predicted molar refractivity (Wildman–Crippen MR) is 72.8 cm³/mol. The lowest BCUT2D eigenvalue weighted by Crippen LogP contribution is -2.07. The highest BCUT2D eigenvalue weighted by Gasteiger charge is 2.22. The Morgan fingerprint density at radius 3 is 2.26 bits per heavy atom. The van der Waals surface area contributed by atoms with Crippen LogP contribution in [-0.2, 0) is 0 Å². The summed E-state index contributed by atoms with van der Waals surface area (Å²) in [5.74, 6) is 1.14. The summed E-state index contributed by atoms with van der Waals surface area (Å²) in [5.41, 5.74) is 11.2. The van der Waals surface area contributed by atoms with Gasteiger partial charge in [0.25, 0.3) is 0 Å². The van der Waals surface area contributed by atoms with E-state index in [4.69, 9.17) is 9.47 Å². The molecule has 4 nitrogen and oxygen atoms in total. The van der Waals surface area contributed by atoms with Gasteiger partial charge >= 0.3 is 5.71 Å². The Morgan fingerprint density at radius 1 is 0.947 bits per heavy atom. The van der Waals surface area contributed by atoms with Gasteiger partial charge in [-0.1, -0.05) is 24.3 Å². The fourth-order valence-corrected chi connectivity index (χ4v) is 1.94. The van der Waals surface area contributed by atoms with Crippen molar-refractivity contribution >= 4 is 5.71 Å². The van der Waals surface area contributed by atoms with Gasteiger partial charge in [0.05, 0.1) is 19.8 Å².